The minimum atomic E-state index is -0.603. The van der Waals surface area contributed by atoms with E-state index in [1.54, 1.807) is 18.4 Å². The van der Waals surface area contributed by atoms with Crippen LogP contribution in [0, 0.1) is 0 Å². The predicted octanol–water partition coefficient (Wildman–Crippen LogP) is 3.61. The molecule has 3 aromatic rings. The molecule has 2 atom stereocenters. The number of hydrogen-bond donors (Lipinski definition) is 0. The standard InChI is InChI=1S/C27H24N2O4S/c1-4-32-26(31)23-16(2)28-27-29(24(23)18-10-6-5-7-11-18)25(30)22(34-27)15-20-14-19-12-8-9-13-21(19)33-17(20)3/h5-15,17,24H,4H2,1-3H3/b22-15-/t17-,24+/m0/s1. The Labute approximate surface area is 200 Å². The van der Waals surface area contributed by atoms with Gasteiger partial charge in [-0.05, 0) is 50.1 Å². The molecule has 3 heterocycles. The van der Waals surface area contributed by atoms with Crippen LogP contribution in [-0.4, -0.2) is 23.2 Å². The molecule has 0 N–H and O–H groups in total. The molecular formula is C27H24N2O4S. The Balaban J connectivity index is 1.69. The molecule has 172 valence electrons. The Morgan fingerprint density at radius 2 is 1.91 bits per heavy atom. The summed E-state index contributed by atoms with van der Waals surface area (Å²) in [5, 5.41) is 0. The van der Waals surface area contributed by atoms with Crippen LogP contribution < -0.4 is 19.6 Å². The number of aromatic nitrogens is 1. The molecule has 7 heteroatoms. The van der Waals surface area contributed by atoms with Crippen molar-refractivity contribution in [1.82, 2.24) is 4.57 Å². The molecule has 0 aliphatic carbocycles. The van der Waals surface area contributed by atoms with Crippen LogP contribution in [0.4, 0.5) is 0 Å². The van der Waals surface area contributed by atoms with Gasteiger partial charge >= 0.3 is 5.97 Å². The van der Waals surface area contributed by atoms with Crippen molar-refractivity contribution >= 4 is 29.5 Å². The number of benzene rings is 2. The van der Waals surface area contributed by atoms with Gasteiger partial charge in [-0.15, -0.1) is 0 Å². The third-order valence-corrected chi connectivity index (χ3v) is 6.93. The number of thiazole rings is 1. The zero-order valence-electron chi connectivity index (χ0n) is 19.1. The van der Waals surface area contributed by atoms with Crippen molar-refractivity contribution in [3.8, 4) is 5.75 Å². The van der Waals surface area contributed by atoms with E-state index in [9.17, 15) is 9.59 Å². The maximum absolute atomic E-state index is 13.7. The normalized spacial score (nSPS) is 19.5. The average Bonchev–Trinajstić information content (AvgIpc) is 3.13. The van der Waals surface area contributed by atoms with Gasteiger partial charge in [0, 0.05) is 5.56 Å². The van der Waals surface area contributed by atoms with Gasteiger partial charge in [-0.2, -0.15) is 0 Å². The summed E-state index contributed by atoms with van der Waals surface area (Å²) in [5.41, 5.74) is 3.45. The smallest absolute Gasteiger partial charge is 0.338 e. The summed E-state index contributed by atoms with van der Waals surface area (Å²) < 4.78 is 13.5. The monoisotopic (exact) mass is 472 g/mol. The molecule has 0 radical (unpaired) electrons. The first-order chi connectivity index (χ1) is 16.5. The van der Waals surface area contributed by atoms with E-state index in [0.29, 0.717) is 20.6 Å². The van der Waals surface area contributed by atoms with Crippen LogP contribution in [0.25, 0.3) is 12.2 Å². The van der Waals surface area contributed by atoms with E-state index in [1.807, 2.05) is 73.7 Å². The molecule has 6 nitrogen and oxygen atoms in total. The van der Waals surface area contributed by atoms with Gasteiger partial charge in [-0.25, -0.2) is 9.79 Å². The molecule has 1 aromatic heterocycles. The van der Waals surface area contributed by atoms with Crippen molar-refractivity contribution in [2.75, 3.05) is 6.61 Å². The molecule has 0 saturated heterocycles. The fourth-order valence-corrected chi connectivity index (χ4v) is 5.36. The predicted molar refractivity (Wildman–Crippen MR) is 132 cm³/mol. The lowest BCUT2D eigenvalue weighted by atomic mass is 9.96. The Morgan fingerprint density at radius 3 is 2.68 bits per heavy atom. The summed E-state index contributed by atoms with van der Waals surface area (Å²) in [7, 11) is 0. The van der Waals surface area contributed by atoms with Gasteiger partial charge in [0.25, 0.3) is 5.56 Å². The molecule has 2 aliphatic rings. The highest BCUT2D eigenvalue weighted by Gasteiger charge is 2.33. The van der Waals surface area contributed by atoms with Crippen molar-refractivity contribution < 1.29 is 14.3 Å². The van der Waals surface area contributed by atoms with Gasteiger partial charge in [-0.1, -0.05) is 59.9 Å². The first kappa shape index (κ1) is 22.1. The lowest BCUT2D eigenvalue weighted by molar-refractivity contribution is -0.139. The lowest BCUT2D eigenvalue weighted by Gasteiger charge is -2.24. The van der Waals surface area contributed by atoms with Crippen LogP contribution in [-0.2, 0) is 9.53 Å². The van der Waals surface area contributed by atoms with Crippen molar-refractivity contribution in [1.29, 1.82) is 0 Å². The van der Waals surface area contributed by atoms with Crippen molar-refractivity contribution in [3.05, 3.63) is 102 Å². The summed E-state index contributed by atoms with van der Waals surface area (Å²) in [6.45, 7) is 5.76. The minimum absolute atomic E-state index is 0.195. The minimum Gasteiger partial charge on any atom is -0.485 e. The second-order valence-corrected chi connectivity index (χ2v) is 9.16. The maximum atomic E-state index is 13.7. The van der Waals surface area contributed by atoms with Crippen LogP contribution in [0.3, 0.4) is 0 Å². The van der Waals surface area contributed by atoms with Gasteiger partial charge in [0.1, 0.15) is 11.9 Å². The zero-order valence-corrected chi connectivity index (χ0v) is 20.0. The van der Waals surface area contributed by atoms with Crippen LogP contribution in [0.2, 0.25) is 0 Å². The molecule has 2 aromatic carbocycles. The molecule has 0 saturated carbocycles. The maximum Gasteiger partial charge on any atom is 0.338 e. The van der Waals surface area contributed by atoms with Crippen LogP contribution in [0.5, 0.6) is 5.75 Å². The average molecular weight is 473 g/mol. The first-order valence-electron chi connectivity index (χ1n) is 11.2. The molecule has 34 heavy (non-hydrogen) atoms. The highest BCUT2D eigenvalue weighted by molar-refractivity contribution is 7.07. The third kappa shape index (κ3) is 3.82. The number of carbonyl (C=O) groups is 1. The summed E-state index contributed by atoms with van der Waals surface area (Å²) in [6.07, 6.45) is 3.72. The Kier molecular flexibility index (Phi) is 5.79. The molecule has 0 bridgehead atoms. The van der Waals surface area contributed by atoms with Crippen molar-refractivity contribution in [2.45, 2.75) is 32.9 Å². The number of carbonyl (C=O) groups excluding carboxylic acids is 1. The second kappa shape index (κ2) is 8.91. The van der Waals surface area contributed by atoms with Gasteiger partial charge in [0.05, 0.1) is 28.5 Å². The van der Waals surface area contributed by atoms with E-state index in [2.05, 4.69) is 4.99 Å². The van der Waals surface area contributed by atoms with Crippen molar-refractivity contribution in [3.63, 3.8) is 0 Å². The Bertz CT molecular complexity index is 1510. The number of fused-ring (bicyclic) bond motifs is 2. The van der Waals surface area contributed by atoms with E-state index < -0.39 is 12.0 Å². The van der Waals surface area contributed by atoms with Crippen LogP contribution in [0.15, 0.2) is 81.2 Å². The topological polar surface area (TPSA) is 69.9 Å². The fraction of sp³-hybridized carbons (Fsp3) is 0.222. The molecule has 0 unspecified atom stereocenters. The molecular weight excluding hydrogens is 448 g/mol. The summed E-state index contributed by atoms with van der Waals surface area (Å²) >= 11 is 1.31. The highest BCUT2D eigenvalue weighted by Crippen LogP contribution is 2.31. The number of nitrogens with zero attached hydrogens (tertiary/aromatic N) is 2. The number of rotatable bonds is 4. The molecule has 2 aliphatic heterocycles. The zero-order chi connectivity index (χ0) is 23.8. The highest BCUT2D eigenvalue weighted by atomic mass is 32.1. The Hall–Kier alpha value is -3.71. The van der Waals surface area contributed by atoms with Gasteiger partial charge in [-0.3, -0.25) is 9.36 Å². The lowest BCUT2D eigenvalue weighted by Crippen LogP contribution is -2.40. The van der Waals surface area contributed by atoms with E-state index in [0.717, 1.165) is 22.4 Å². The first-order valence-corrected chi connectivity index (χ1v) is 12.0. The van der Waals surface area contributed by atoms with Crippen molar-refractivity contribution in [2.24, 2.45) is 4.99 Å². The summed E-state index contributed by atoms with van der Waals surface area (Å²) in [6, 6.07) is 16.7. The molecule has 5 rings (SSSR count). The number of allylic oxidation sites excluding steroid dienone is 1. The number of esters is 1. The van der Waals surface area contributed by atoms with Gasteiger partial charge in [0.15, 0.2) is 4.80 Å². The fourth-order valence-electron chi connectivity index (χ4n) is 4.32. The third-order valence-electron chi connectivity index (χ3n) is 5.94. The van der Waals surface area contributed by atoms with E-state index >= 15 is 0 Å². The van der Waals surface area contributed by atoms with Crippen LogP contribution in [0.1, 0.15) is 37.9 Å². The van der Waals surface area contributed by atoms with E-state index in [1.165, 1.54) is 11.3 Å². The van der Waals surface area contributed by atoms with E-state index in [-0.39, 0.29) is 18.3 Å². The molecule has 0 amide bonds. The number of ether oxygens (including phenoxy) is 2. The van der Waals surface area contributed by atoms with Gasteiger partial charge in [0.2, 0.25) is 0 Å². The number of hydrogen-bond acceptors (Lipinski definition) is 6. The summed E-state index contributed by atoms with van der Waals surface area (Å²) in [5.74, 6) is 0.368. The Morgan fingerprint density at radius 1 is 1.18 bits per heavy atom. The van der Waals surface area contributed by atoms with Gasteiger partial charge < -0.3 is 9.47 Å². The quantitative estimate of drug-likeness (QED) is 0.544. The molecule has 0 spiro atoms. The summed E-state index contributed by atoms with van der Waals surface area (Å²) in [4.78, 5) is 31.8. The van der Waals surface area contributed by atoms with E-state index in [4.69, 9.17) is 9.47 Å². The van der Waals surface area contributed by atoms with Crippen LogP contribution >= 0.6 is 11.3 Å². The SMILES string of the molecule is CCOC(=O)C1=C(C)N=c2s/c(=C\C3=Cc4ccccc4O[C@H]3C)c(=O)n2[C@@H]1c1ccccc1. The number of para-hydroxylation sites is 1. The largest absolute Gasteiger partial charge is 0.485 e. The second-order valence-electron chi connectivity index (χ2n) is 8.16. The molecule has 0 fully saturated rings.